The Hall–Kier alpha value is -4.97. The highest BCUT2D eigenvalue weighted by Crippen LogP contribution is 2.60. The number of phenols is 2. The van der Waals surface area contributed by atoms with Gasteiger partial charge in [-0.05, 0) is 19.2 Å². The second-order valence-corrected chi connectivity index (χ2v) is 12.8. The molecule has 3 aliphatic rings. The van der Waals surface area contributed by atoms with Crippen LogP contribution >= 0.6 is 11.8 Å². The van der Waals surface area contributed by atoms with Gasteiger partial charge in [0, 0.05) is 55.3 Å². The highest BCUT2D eigenvalue weighted by molar-refractivity contribution is 7.99. The van der Waals surface area contributed by atoms with Crippen molar-refractivity contribution in [2.75, 3.05) is 45.5 Å². The smallest absolute Gasteiger partial charge is 0.326 e. The Labute approximate surface area is 265 Å². The lowest BCUT2D eigenvalue weighted by atomic mass is 9.80. The van der Waals surface area contributed by atoms with Crippen LogP contribution in [0.2, 0.25) is 0 Å². The number of anilines is 1. The van der Waals surface area contributed by atoms with Crippen molar-refractivity contribution in [1.82, 2.24) is 0 Å². The second-order valence-electron chi connectivity index (χ2n) is 11.8. The van der Waals surface area contributed by atoms with Crippen LogP contribution in [-0.4, -0.2) is 73.3 Å². The first-order valence-electron chi connectivity index (χ1n) is 14.7. The Morgan fingerprint density at radius 2 is 1.59 bits per heavy atom. The Bertz CT molecular complexity index is 2420. The van der Waals surface area contributed by atoms with Crippen molar-refractivity contribution < 1.29 is 39.1 Å². The van der Waals surface area contributed by atoms with Crippen LogP contribution in [0.25, 0.3) is 49.2 Å². The number of hydrogen-bond donors (Lipinski definition) is 4. The molecule has 0 amide bonds. The van der Waals surface area contributed by atoms with Gasteiger partial charge in [-0.3, -0.25) is 14.8 Å². The van der Waals surface area contributed by atoms with E-state index in [4.69, 9.17) is 24.2 Å². The standard InChI is InChI=1S/C34H29N3O8S/c1-11-8-13-18-21-23-19(30(40)31(44-4)24(21)17(11)12(2)38)15(39)9-16(43-3)20(23)25-22(18)26(28-27(13)35-6-7-36-28)29-33(32(25)45-5)46-10-14(37-29)34(41)42/h8-9,14,17,37,39-40H,6-7,10H2,1-5H3,(H,41,42). The lowest BCUT2D eigenvalue weighted by Crippen LogP contribution is -2.37. The Morgan fingerprint density at radius 1 is 0.891 bits per heavy atom. The molecule has 2 atom stereocenters. The van der Waals surface area contributed by atoms with E-state index in [9.17, 15) is 24.9 Å². The van der Waals surface area contributed by atoms with Crippen molar-refractivity contribution in [2.45, 2.75) is 30.7 Å². The summed E-state index contributed by atoms with van der Waals surface area (Å²) < 4.78 is 18.0. The molecule has 5 aromatic carbocycles. The van der Waals surface area contributed by atoms with Gasteiger partial charge in [0.05, 0.1) is 67.0 Å². The summed E-state index contributed by atoms with van der Waals surface area (Å²) in [6.07, 6.45) is 1.95. The number of fused-ring (bicyclic) bond motifs is 6. The third kappa shape index (κ3) is 3.39. The number of carboxylic acids is 1. The number of Topliss-reactive ketones (excluding diaryl/α,β-unsaturated/α-hetero) is 1. The molecule has 0 bridgehead atoms. The molecule has 5 aromatic rings. The number of allylic oxidation sites excluding steroid dienone is 1. The summed E-state index contributed by atoms with van der Waals surface area (Å²) in [5, 5.41) is 42.4. The maximum absolute atomic E-state index is 13.6. The first-order chi connectivity index (χ1) is 22.1. The summed E-state index contributed by atoms with van der Waals surface area (Å²) in [6, 6.07) is 0.583. The van der Waals surface area contributed by atoms with Gasteiger partial charge in [0.15, 0.2) is 11.5 Å². The van der Waals surface area contributed by atoms with Crippen molar-refractivity contribution >= 4 is 78.4 Å². The molecule has 0 saturated carbocycles. The molecule has 2 unspecified atom stereocenters. The first-order valence-corrected chi connectivity index (χ1v) is 15.7. The number of carbonyl (C=O) groups excluding carboxylic acids is 1. The topological polar surface area (TPSA) is 159 Å². The van der Waals surface area contributed by atoms with Gasteiger partial charge in [-0.15, -0.1) is 11.8 Å². The number of rotatable bonds is 5. The van der Waals surface area contributed by atoms with Gasteiger partial charge in [0.1, 0.15) is 29.1 Å². The van der Waals surface area contributed by atoms with Gasteiger partial charge in [-0.2, -0.15) is 0 Å². The summed E-state index contributed by atoms with van der Waals surface area (Å²) >= 11 is 1.37. The minimum absolute atomic E-state index is 0.0789. The molecule has 0 saturated heterocycles. The Kier molecular flexibility index (Phi) is 6.05. The van der Waals surface area contributed by atoms with Crippen LogP contribution in [0.5, 0.6) is 28.7 Å². The molecule has 2 heterocycles. The van der Waals surface area contributed by atoms with Gasteiger partial charge >= 0.3 is 5.97 Å². The molecule has 4 N–H and O–H groups in total. The van der Waals surface area contributed by atoms with Gasteiger partial charge in [0.25, 0.3) is 0 Å². The van der Waals surface area contributed by atoms with Crippen LogP contribution < -0.4 is 30.2 Å². The number of aromatic hydroxyl groups is 2. The van der Waals surface area contributed by atoms with Gasteiger partial charge in [0.2, 0.25) is 0 Å². The summed E-state index contributed by atoms with van der Waals surface area (Å²) in [5.41, 5.74) is 2.49. The summed E-state index contributed by atoms with van der Waals surface area (Å²) in [6.45, 7) is 4.27. The van der Waals surface area contributed by atoms with Gasteiger partial charge < -0.3 is 34.8 Å². The molecule has 0 radical (unpaired) electrons. The van der Waals surface area contributed by atoms with Crippen LogP contribution in [0.1, 0.15) is 30.9 Å². The zero-order valence-corrected chi connectivity index (χ0v) is 26.4. The van der Waals surface area contributed by atoms with E-state index < -0.39 is 17.9 Å². The summed E-state index contributed by atoms with van der Waals surface area (Å²) in [7, 11) is 4.49. The minimum Gasteiger partial charge on any atom is -0.507 e. The van der Waals surface area contributed by atoms with Crippen molar-refractivity contribution in [1.29, 1.82) is 0 Å². The van der Waals surface area contributed by atoms with Gasteiger partial charge in [-0.1, -0.05) is 11.6 Å². The second kappa shape index (κ2) is 9.76. The fourth-order valence-electron chi connectivity index (χ4n) is 7.79. The minimum atomic E-state index is -0.982. The highest BCUT2D eigenvalue weighted by Gasteiger charge is 2.39. The zero-order valence-electron chi connectivity index (χ0n) is 25.6. The SMILES string of the molecule is COc1c(O)c2c(O)cc(OC)c3c4c(OC)c5c(c6c7c(c8c(c(c1C(C(C)=O)C(C)=C8)c23)c64)=NCCN=7)NC(C(=O)O)CS5. The number of nitrogens with one attached hydrogen (secondary N) is 1. The highest BCUT2D eigenvalue weighted by atomic mass is 32.2. The lowest BCUT2D eigenvalue weighted by Gasteiger charge is -2.30. The lowest BCUT2D eigenvalue weighted by molar-refractivity contribution is -0.137. The number of methoxy groups -OCH3 is 3. The molecule has 2 aliphatic heterocycles. The molecule has 0 spiro atoms. The van der Waals surface area contributed by atoms with Crippen LogP contribution in [0, 0.1) is 0 Å². The summed E-state index contributed by atoms with van der Waals surface area (Å²) in [5.74, 6) is -1.32. The molecule has 8 rings (SSSR count). The van der Waals surface area contributed by atoms with Crippen molar-refractivity contribution in [3.05, 3.63) is 33.5 Å². The fourth-order valence-corrected chi connectivity index (χ4v) is 8.97. The normalized spacial score (nSPS) is 18.4. The molecule has 0 aromatic heterocycles. The number of nitrogens with zero attached hydrogens (tertiary/aromatic N) is 2. The number of hydrogen-bond acceptors (Lipinski definition) is 11. The fraction of sp³-hybridized carbons (Fsp3) is 0.294. The van der Waals surface area contributed by atoms with Crippen molar-refractivity contribution in [3.63, 3.8) is 0 Å². The summed E-state index contributed by atoms with van der Waals surface area (Å²) in [4.78, 5) is 36.5. The average Bonchev–Trinajstić information content (AvgIpc) is 3.17. The van der Waals surface area contributed by atoms with E-state index >= 15 is 0 Å². The molecular weight excluding hydrogens is 610 g/mol. The van der Waals surface area contributed by atoms with E-state index in [0.29, 0.717) is 94.7 Å². The third-order valence-electron chi connectivity index (χ3n) is 9.43. The number of benzene rings is 5. The maximum atomic E-state index is 13.6. The van der Waals surface area contributed by atoms with E-state index in [1.54, 1.807) is 7.11 Å². The molecule has 1 aliphatic carbocycles. The first kappa shape index (κ1) is 28.5. The zero-order chi connectivity index (χ0) is 32.3. The molecule has 11 nitrogen and oxygen atoms in total. The molecule has 46 heavy (non-hydrogen) atoms. The van der Waals surface area contributed by atoms with E-state index in [1.165, 1.54) is 39.0 Å². The Balaban J connectivity index is 1.84. The number of aliphatic carboxylic acids is 1. The maximum Gasteiger partial charge on any atom is 0.326 e. The number of ketones is 1. The number of phenolic OH excluding ortho intramolecular Hbond substituents is 2. The Morgan fingerprint density at radius 3 is 2.24 bits per heavy atom. The van der Waals surface area contributed by atoms with Gasteiger partial charge in [-0.25, -0.2) is 4.79 Å². The number of carbonyl (C=O) groups is 2. The van der Waals surface area contributed by atoms with Crippen molar-refractivity contribution in [3.8, 4) is 28.7 Å². The monoisotopic (exact) mass is 639 g/mol. The number of carboxylic acid groups (broad SMARTS) is 1. The van der Waals surface area contributed by atoms with Crippen LogP contribution in [-0.2, 0) is 9.59 Å². The molecular formula is C34H29N3O8S. The molecule has 0 fully saturated rings. The molecule has 12 heteroatoms. The molecule has 234 valence electrons. The largest absolute Gasteiger partial charge is 0.507 e. The van der Waals surface area contributed by atoms with E-state index in [-0.39, 0.29) is 34.2 Å². The predicted octanol–water partition coefficient (Wildman–Crippen LogP) is 4.49. The number of ether oxygens (including phenoxy) is 3. The quantitative estimate of drug-likeness (QED) is 0.159. The predicted molar refractivity (Wildman–Crippen MR) is 176 cm³/mol. The van der Waals surface area contributed by atoms with E-state index in [1.807, 2.05) is 13.0 Å². The van der Waals surface area contributed by atoms with E-state index in [2.05, 4.69) is 5.32 Å². The van der Waals surface area contributed by atoms with Crippen LogP contribution in [0.4, 0.5) is 5.69 Å². The van der Waals surface area contributed by atoms with Crippen LogP contribution in [0.15, 0.2) is 26.5 Å². The van der Waals surface area contributed by atoms with Crippen LogP contribution in [0.3, 0.4) is 0 Å². The van der Waals surface area contributed by atoms with Crippen molar-refractivity contribution in [2.24, 2.45) is 9.98 Å². The number of thioether (sulfide) groups is 1. The third-order valence-corrected chi connectivity index (χ3v) is 10.6. The van der Waals surface area contributed by atoms with E-state index in [0.717, 1.165) is 5.56 Å². The average molecular weight is 640 g/mol.